The number of ether oxygens (including phenoxy) is 1. The van der Waals surface area contributed by atoms with Gasteiger partial charge in [-0.25, -0.2) is 4.79 Å². The standard InChI is InChI=1S/C10H9N3O2/c1-15-10(14)8-2-7(3-11-4-8)9-5-12-13-6-9/h2-6H,1H3,(H,12,13). The quantitative estimate of drug-likeness (QED) is 0.746. The number of aromatic nitrogens is 3. The van der Waals surface area contributed by atoms with Crippen LogP contribution in [0.5, 0.6) is 0 Å². The van der Waals surface area contributed by atoms with Crippen LogP contribution < -0.4 is 0 Å². The second-order valence-electron chi connectivity index (χ2n) is 2.94. The number of nitrogens with one attached hydrogen (secondary N) is 1. The third-order valence-corrected chi connectivity index (χ3v) is 1.99. The Kier molecular flexibility index (Phi) is 2.45. The van der Waals surface area contributed by atoms with Crippen molar-refractivity contribution in [1.29, 1.82) is 0 Å². The SMILES string of the molecule is COC(=O)c1cncc(-c2cn[nH]c2)c1. The van der Waals surface area contributed by atoms with Gasteiger partial charge in [-0.1, -0.05) is 0 Å². The van der Waals surface area contributed by atoms with Gasteiger partial charge in [0.2, 0.25) is 0 Å². The molecule has 0 saturated carbocycles. The highest BCUT2D eigenvalue weighted by atomic mass is 16.5. The molecule has 0 fully saturated rings. The van der Waals surface area contributed by atoms with Gasteiger partial charge in [0.1, 0.15) is 0 Å². The molecule has 0 atom stereocenters. The lowest BCUT2D eigenvalue weighted by Gasteiger charge is -2.00. The Morgan fingerprint density at radius 1 is 1.33 bits per heavy atom. The van der Waals surface area contributed by atoms with Gasteiger partial charge in [0.05, 0.1) is 18.9 Å². The molecule has 0 aromatic carbocycles. The molecule has 2 heterocycles. The summed E-state index contributed by atoms with van der Waals surface area (Å²) in [6.45, 7) is 0. The van der Waals surface area contributed by atoms with E-state index in [1.807, 2.05) is 0 Å². The van der Waals surface area contributed by atoms with Crippen LogP contribution in [0.25, 0.3) is 11.1 Å². The Hall–Kier alpha value is -2.17. The van der Waals surface area contributed by atoms with Crippen molar-refractivity contribution < 1.29 is 9.53 Å². The first-order valence-electron chi connectivity index (χ1n) is 4.34. The minimum Gasteiger partial charge on any atom is -0.465 e. The fourth-order valence-electron chi connectivity index (χ4n) is 1.24. The van der Waals surface area contributed by atoms with E-state index in [1.54, 1.807) is 24.7 Å². The molecule has 15 heavy (non-hydrogen) atoms. The zero-order valence-corrected chi connectivity index (χ0v) is 8.10. The summed E-state index contributed by atoms with van der Waals surface area (Å²) >= 11 is 0. The maximum atomic E-state index is 11.2. The van der Waals surface area contributed by atoms with Crippen molar-refractivity contribution >= 4 is 5.97 Å². The largest absolute Gasteiger partial charge is 0.465 e. The number of rotatable bonds is 2. The smallest absolute Gasteiger partial charge is 0.339 e. The number of aromatic amines is 1. The van der Waals surface area contributed by atoms with Crippen molar-refractivity contribution in [1.82, 2.24) is 15.2 Å². The molecule has 1 N–H and O–H groups in total. The fraction of sp³-hybridized carbons (Fsp3) is 0.100. The van der Waals surface area contributed by atoms with E-state index in [1.165, 1.54) is 13.3 Å². The molecule has 0 saturated heterocycles. The molecule has 0 radical (unpaired) electrons. The van der Waals surface area contributed by atoms with Gasteiger partial charge < -0.3 is 4.74 Å². The molecule has 0 unspecified atom stereocenters. The Balaban J connectivity index is 2.39. The first-order valence-corrected chi connectivity index (χ1v) is 4.34. The summed E-state index contributed by atoms with van der Waals surface area (Å²) in [5, 5.41) is 6.52. The monoisotopic (exact) mass is 203 g/mol. The predicted octanol–water partition coefficient (Wildman–Crippen LogP) is 1.26. The number of pyridine rings is 1. The maximum Gasteiger partial charge on any atom is 0.339 e. The number of hydrogen-bond acceptors (Lipinski definition) is 4. The zero-order valence-electron chi connectivity index (χ0n) is 8.10. The second kappa shape index (κ2) is 3.91. The van der Waals surface area contributed by atoms with Crippen molar-refractivity contribution in [2.24, 2.45) is 0 Å². The van der Waals surface area contributed by atoms with Crippen LogP contribution in [0.15, 0.2) is 30.9 Å². The van der Waals surface area contributed by atoms with E-state index >= 15 is 0 Å². The van der Waals surface area contributed by atoms with Crippen molar-refractivity contribution in [2.45, 2.75) is 0 Å². The molecule has 0 bridgehead atoms. The first-order chi connectivity index (χ1) is 7.31. The third kappa shape index (κ3) is 1.85. The summed E-state index contributed by atoms with van der Waals surface area (Å²) in [6, 6.07) is 1.71. The highest BCUT2D eigenvalue weighted by molar-refractivity contribution is 5.90. The molecule has 2 aromatic heterocycles. The number of H-pyrrole nitrogens is 1. The lowest BCUT2D eigenvalue weighted by Crippen LogP contribution is -2.01. The second-order valence-corrected chi connectivity index (χ2v) is 2.94. The average molecular weight is 203 g/mol. The molecule has 5 heteroatoms. The van der Waals surface area contributed by atoms with Crippen LogP contribution in [0, 0.1) is 0 Å². The fourth-order valence-corrected chi connectivity index (χ4v) is 1.24. The Labute approximate surface area is 86.1 Å². The molecule has 0 spiro atoms. The molecule has 0 aliphatic rings. The van der Waals surface area contributed by atoms with Gasteiger partial charge in [-0.2, -0.15) is 5.10 Å². The first kappa shape index (κ1) is 9.39. The number of esters is 1. The summed E-state index contributed by atoms with van der Waals surface area (Å²) < 4.78 is 4.61. The number of carbonyl (C=O) groups is 1. The minimum atomic E-state index is -0.396. The van der Waals surface area contributed by atoms with Gasteiger partial charge in [-0.05, 0) is 6.07 Å². The van der Waals surface area contributed by atoms with Gasteiger partial charge in [-0.15, -0.1) is 0 Å². The van der Waals surface area contributed by atoms with Gasteiger partial charge >= 0.3 is 5.97 Å². The lowest BCUT2D eigenvalue weighted by atomic mass is 10.1. The maximum absolute atomic E-state index is 11.2. The van der Waals surface area contributed by atoms with Crippen LogP contribution in [-0.2, 0) is 4.74 Å². The predicted molar refractivity (Wildman–Crippen MR) is 53.2 cm³/mol. The molecule has 0 aliphatic heterocycles. The number of carbonyl (C=O) groups excluding carboxylic acids is 1. The molecular formula is C10H9N3O2. The van der Waals surface area contributed by atoms with Crippen LogP contribution in [0.4, 0.5) is 0 Å². The third-order valence-electron chi connectivity index (χ3n) is 1.99. The zero-order chi connectivity index (χ0) is 10.7. The normalized spacial score (nSPS) is 9.93. The average Bonchev–Trinajstić information content (AvgIpc) is 2.82. The van der Waals surface area contributed by atoms with E-state index in [0.717, 1.165) is 11.1 Å². The number of nitrogens with zero attached hydrogens (tertiary/aromatic N) is 2. The Morgan fingerprint density at radius 2 is 2.20 bits per heavy atom. The molecular weight excluding hydrogens is 194 g/mol. The number of hydrogen-bond donors (Lipinski definition) is 1. The topological polar surface area (TPSA) is 67.9 Å². The van der Waals surface area contributed by atoms with Crippen molar-refractivity contribution in [3.05, 3.63) is 36.4 Å². The summed E-state index contributed by atoms with van der Waals surface area (Å²) in [6.07, 6.45) is 6.53. The van der Waals surface area contributed by atoms with Crippen LogP contribution in [0.2, 0.25) is 0 Å². The lowest BCUT2D eigenvalue weighted by molar-refractivity contribution is 0.0600. The summed E-state index contributed by atoms with van der Waals surface area (Å²) in [7, 11) is 1.34. The van der Waals surface area contributed by atoms with E-state index in [9.17, 15) is 4.79 Å². The highest BCUT2D eigenvalue weighted by Gasteiger charge is 2.07. The van der Waals surface area contributed by atoms with Crippen LogP contribution in [-0.4, -0.2) is 28.3 Å². The molecule has 76 valence electrons. The highest BCUT2D eigenvalue weighted by Crippen LogP contribution is 2.17. The van der Waals surface area contributed by atoms with Gasteiger partial charge in [0.15, 0.2) is 0 Å². The Bertz CT molecular complexity index is 465. The molecule has 2 rings (SSSR count). The van der Waals surface area contributed by atoms with Crippen LogP contribution in [0.1, 0.15) is 10.4 Å². The molecule has 0 aliphatic carbocycles. The van der Waals surface area contributed by atoms with Gasteiger partial charge in [0, 0.05) is 29.7 Å². The molecule has 0 amide bonds. The van der Waals surface area contributed by atoms with E-state index in [0.29, 0.717) is 5.56 Å². The summed E-state index contributed by atoms with van der Waals surface area (Å²) in [5.74, 6) is -0.396. The molecule has 5 nitrogen and oxygen atoms in total. The minimum absolute atomic E-state index is 0.396. The van der Waals surface area contributed by atoms with E-state index < -0.39 is 5.97 Å². The van der Waals surface area contributed by atoms with Crippen molar-refractivity contribution in [3.8, 4) is 11.1 Å². The van der Waals surface area contributed by atoms with Gasteiger partial charge in [0.25, 0.3) is 0 Å². The van der Waals surface area contributed by atoms with E-state index in [2.05, 4.69) is 19.9 Å². The summed E-state index contributed by atoms with van der Waals surface area (Å²) in [4.78, 5) is 15.2. The van der Waals surface area contributed by atoms with E-state index in [4.69, 9.17) is 0 Å². The Morgan fingerprint density at radius 3 is 2.87 bits per heavy atom. The van der Waals surface area contributed by atoms with E-state index in [-0.39, 0.29) is 0 Å². The number of methoxy groups -OCH3 is 1. The van der Waals surface area contributed by atoms with Crippen LogP contribution in [0.3, 0.4) is 0 Å². The van der Waals surface area contributed by atoms with Crippen molar-refractivity contribution in [2.75, 3.05) is 7.11 Å². The summed E-state index contributed by atoms with van der Waals surface area (Å²) in [5.41, 5.74) is 2.14. The van der Waals surface area contributed by atoms with Gasteiger partial charge in [-0.3, -0.25) is 10.1 Å². The van der Waals surface area contributed by atoms with Crippen LogP contribution >= 0.6 is 0 Å². The molecule has 2 aromatic rings. The van der Waals surface area contributed by atoms with Crippen molar-refractivity contribution in [3.63, 3.8) is 0 Å².